The summed E-state index contributed by atoms with van der Waals surface area (Å²) in [6.07, 6.45) is 90.2. The molecule has 0 heterocycles. The van der Waals surface area contributed by atoms with E-state index in [-0.39, 0.29) is 31.1 Å². The standard InChI is InChI=1S/C71H116O6/c1-4-7-10-13-16-19-22-24-26-28-30-32-34-35-37-38-40-42-44-46-49-52-55-58-61-64-70(73)76-67-68(66-75-69(72)63-60-57-54-51-48-21-18-15-12-9-6-3)77-71(74)65-62-59-56-53-50-47-45-43-41-39-36-33-31-29-27-25-23-20-17-14-11-8-5-2/h7-8,10-11,16-17,19-20,24-27,30-33,35,37,40,42,46,49,68H,4-6,9,12-15,18,21-23,28-29,34,36,38-39,41,43-45,47-48,50-67H2,1-3H3/b10-7-,11-8-,19-16-,20-17-,26-24-,27-25-,32-30-,33-31-,37-35-,42-40-,49-46-. The molecule has 0 aromatic carbocycles. The van der Waals surface area contributed by atoms with Crippen molar-refractivity contribution in [3.8, 4) is 0 Å². The van der Waals surface area contributed by atoms with Crippen LogP contribution in [0, 0.1) is 0 Å². The van der Waals surface area contributed by atoms with Gasteiger partial charge in [0, 0.05) is 19.3 Å². The molecule has 0 amide bonds. The number of allylic oxidation sites excluding steroid dienone is 22. The lowest BCUT2D eigenvalue weighted by Crippen LogP contribution is -2.30. The highest BCUT2D eigenvalue weighted by Crippen LogP contribution is 2.15. The second kappa shape index (κ2) is 64.1. The molecule has 0 rings (SSSR count). The van der Waals surface area contributed by atoms with Crippen LogP contribution in [0.5, 0.6) is 0 Å². The van der Waals surface area contributed by atoms with E-state index in [1.54, 1.807) is 0 Å². The van der Waals surface area contributed by atoms with E-state index in [0.29, 0.717) is 19.3 Å². The zero-order chi connectivity index (χ0) is 55.7. The number of hydrogen-bond donors (Lipinski definition) is 0. The molecule has 0 aliphatic heterocycles. The van der Waals surface area contributed by atoms with Crippen molar-refractivity contribution < 1.29 is 28.6 Å². The molecule has 436 valence electrons. The van der Waals surface area contributed by atoms with Crippen LogP contribution in [0.25, 0.3) is 0 Å². The van der Waals surface area contributed by atoms with Crippen molar-refractivity contribution in [2.24, 2.45) is 0 Å². The third kappa shape index (κ3) is 62.3. The summed E-state index contributed by atoms with van der Waals surface area (Å²) in [6.45, 7) is 6.38. The van der Waals surface area contributed by atoms with Crippen molar-refractivity contribution in [1.82, 2.24) is 0 Å². The molecular weight excluding hydrogens is 949 g/mol. The van der Waals surface area contributed by atoms with E-state index in [2.05, 4.69) is 154 Å². The minimum absolute atomic E-state index is 0.0920. The van der Waals surface area contributed by atoms with Crippen LogP contribution in [-0.2, 0) is 28.6 Å². The quantitative estimate of drug-likeness (QED) is 0.0261. The van der Waals surface area contributed by atoms with Crippen LogP contribution < -0.4 is 0 Å². The number of ether oxygens (including phenoxy) is 3. The SMILES string of the molecule is CC/C=C\C/C=C\C/C=C\C/C=C\C/C=C\C/C=C\C/C=C\CCCCCC(=O)OCC(COC(=O)CCCCCCCCCCCCC)OC(=O)CCCCCCCCCCCC/C=C\C/C=C\C/C=C\C/C=C\CC. The fourth-order valence-corrected chi connectivity index (χ4v) is 8.47. The van der Waals surface area contributed by atoms with Gasteiger partial charge in [0.1, 0.15) is 13.2 Å². The summed E-state index contributed by atoms with van der Waals surface area (Å²) >= 11 is 0. The van der Waals surface area contributed by atoms with Gasteiger partial charge in [0.2, 0.25) is 0 Å². The fraction of sp³-hybridized carbons (Fsp3) is 0.648. The van der Waals surface area contributed by atoms with Gasteiger partial charge >= 0.3 is 17.9 Å². The summed E-state index contributed by atoms with van der Waals surface area (Å²) < 4.78 is 16.9. The van der Waals surface area contributed by atoms with Gasteiger partial charge in [0.05, 0.1) is 0 Å². The molecule has 0 spiro atoms. The molecule has 0 aromatic heterocycles. The molecule has 6 nitrogen and oxygen atoms in total. The van der Waals surface area contributed by atoms with Gasteiger partial charge in [-0.05, 0) is 116 Å². The highest BCUT2D eigenvalue weighted by Gasteiger charge is 2.19. The Balaban J connectivity index is 4.39. The maximum absolute atomic E-state index is 12.9. The van der Waals surface area contributed by atoms with Gasteiger partial charge in [0.25, 0.3) is 0 Å². The van der Waals surface area contributed by atoms with Crippen LogP contribution in [0.1, 0.15) is 278 Å². The first kappa shape index (κ1) is 72.5. The van der Waals surface area contributed by atoms with E-state index in [1.165, 1.54) is 103 Å². The van der Waals surface area contributed by atoms with Gasteiger partial charge < -0.3 is 14.2 Å². The molecule has 0 N–H and O–H groups in total. The molecule has 1 unspecified atom stereocenters. The van der Waals surface area contributed by atoms with E-state index in [4.69, 9.17) is 14.2 Å². The van der Waals surface area contributed by atoms with E-state index < -0.39 is 6.10 Å². The number of carbonyl (C=O) groups is 3. The third-order valence-electron chi connectivity index (χ3n) is 13.2. The third-order valence-corrected chi connectivity index (χ3v) is 13.2. The first-order valence-electron chi connectivity index (χ1n) is 31.7. The fourth-order valence-electron chi connectivity index (χ4n) is 8.47. The van der Waals surface area contributed by atoms with Crippen LogP contribution in [0.4, 0.5) is 0 Å². The molecule has 1 atom stereocenters. The lowest BCUT2D eigenvalue weighted by molar-refractivity contribution is -0.167. The molecule has 0 radical (unpaired) electrons. The summed E-state index contributed by atoms with van der Waals surface area (Å²) in [5.41, 5.74) is 0. The maximum Gasteiger partial charge on any atom is 0.306 e. The van der Waals surface area contributed by atoms with Gasteiger partial charge in [-0.15, -0.1) is 0 Å². The van der Waals surface area contributed by atoms with Crippen molar-refractivity contribution >= 4 is 17.9 Å². The Hall–Kier alpha value is -4.45. The molecule has 0 saturated carbocycles. The summed E-state index contributed by atoms with van der Waals surface area (Å²) in [7, 11) is 0. The Morgan fingerprint density at radius 1 is 0.273 bits per heavy atom. The summed E-state index contributed by atoms with van der Waals surface area (Å²) in [6, 6.07) is 0. The predicted octanol–water partition coefficient (Wildman–Crippen LogP) is 21.8. The van der Waals surface area contributed by atoms with Crippen molar-refractivity contribution in [2.45, 2.75) is 284 Å². The van der Waals surface area contributed by atoms with E-state index in [0.717, 1.165) is 135 Å². The molecule has 0 aliphatic carbocycles. The molecule has 77 heavy (non-hydrogen) atoms. The highest BCUT2D eigenvalue weighted by atomic mass is 16.6. The largest absolute Gasteiger partial charge is 0.462 e. The first-order chi connectivity index (χ1) is 38.0. The Labute approximate surface area is 475 Å². The van der Waals surface area contributed by atoms with E-state index in [9.17, 15) is 14.4 Å². The molecule has 0 fully saturated rings. The summed E-state index contributed by atoms with van der Waals surface area (Å²) in [5.74, 6) is -0.929. The first-order valence-corrected chi connectivity index (χ1v) is 31.7. The molecule has 0 bridgehead atoms. The average molecular weight is 1070 g/mol. The minimum Gasteiger partial charge on any atom is -0.462 e. The van der Waals surface area contributed by atoms with Crippen LogP contribution >= 0.6 is 0 Å². The molecule has 0 aliphatic rings. The molecular formula is C71H116O6. The normalized spacial score (nSPS) is 13.0. The van der Waals surface area contributed by atoms with E-state index >= 15 is 0 Å². The Morgan fingerprint density at radius 2 is 0.506 bits per heavy atom. The van der Waals surface area contributed by atoms with Crippen molar-refractivity contribution in [3.63, 3.8) is 0 Å². The monoisotopic (exact) mass is 1060 g/mol. The number of esters is 3. The predicted molar refractivity (Wildman–Crippen MR) is 334 cm³/mol. The lowest BCUT2D eigenvalue weighted by atomic mass is 10.0. The molecule has 6 heteroatoms. The van der Waals surface area contributed by atoms with Crippen LogP contribution in [-0.4, -0.2) is 37.2 Å². The van der Waals surface area contributed by atoms with Crippen molar-refractivity contribution in [2.75, 3.05) is 13.2 Å². The zero-order valence-electron chi connectivity index (χ0n) is 49.9. The van der Waals surface area contributed by atoms with Crippen LogP contribution in [0.3, 0.4) is 0 Å². The second-order valence-corrected chi connectivity index (χ2v) is 20.6. The van der Waals surface area contributed by atoms with Crippen LogP contribution in [0.15, 0.2) is 134 Å². The van der Waals surface area contributed by atoms with Gasteiger partial charge in [-0.3, -0.25) is 14.4 Å². The van der Waals surface area contributed by atoms with Gasteiger partial charge in [-0.25, -0.2) is 0 Å². The van der Waals surface area contributed by atoms with Gasteiger partial charge in [0.15, 0.2) is 6.10 Å². The number of unbranched alkanes of at least 4 members (excludes halogenated alkanes) is 23. The lowest BCUT2D eigenvalue weighted by Gasteiger charge is -2.18. The minimum atomic E-state index is -0.798. The van der Waals surface area contributed by atoms with Crippen molar-refractivity contribution in [3.05, 3.63) is 134 Å². The Morgan fingerprint density at radius 3 is 0.805 bits per heavy atom. The van der Waals surface area contributed by atoms with Crippen molar-refractivity contribution in [1.29, 1.82) is 0 Å². The second-order valence-electron chi connectivity index (χ2n) is 20.6. The maximum atomic E-state index is 12.9. The Bertz CT molecular complexity index is 1650. The average Bonchev–Trinajstić information content (AvgIpc) is 3.43. The number of hydrogen-bond acceptors (Lipinski definition) is 6. The van der Waals surface area contributed by atoms with Crippen LogP contribution in [0.2, 0.25) is 0 Å². The zero-order valence-corrected chi connectivity index (χ0v) is 49.9. The van der Waals surface area contributed by atoms with Gasteiger partial charge in [-0.1, -0.05) is 276 Å². The highest BCUT2D eigenvalue weighted by molar-refractivity contribution is 5.71. The summed E-state index contributed by atoms with van der Waals surface area (Å²) in [5, 5.41) is 0. The number of rotatable bonds is 56. The topological polar surface area (TPSA) is 78.9 Å². The molecule has 0 aromatic rings. The molecule has 0 saturated heterocycles. The van der Waals surface area contributed by atoms with Gasteiger partial charge in [-0.2, -0.15) is 0 Å². The van der Waals surface area contributed by atoms with E-state index in [1.807, 2.05) is 0 Å². The number of carbonyl (C=O) groups excluding carboxylic acids is 3. The summed E-state index contributed by atoms with van der Waals surface area (Å²) in [4.78, 5) is 38.3. The Kier molecular flexibility index (Phi) is 60.4. The smallest absolute Gasteiger partial charge is 0.306 e.